The fourth-order valence-corrected chi connectivity index (χ4v) is 8.38. The van der Waals surface area contributed by atoms with Crippen molar-refractivity contribution < 1.29 is 0 Å². The van der Waals surface area contributed by atoms with E-state index in [9.17, 15) is 0 Å². The summed E-state index contributed by atoms with van der Waals surface area (Å²) in [5, 5.41) is 1.32. The molecule has 0 bridgehead atoms. The first kappa shape index (κ1) is 31.6. The van der Waals surface area contributed by atoms with Crippen LogP contribution in [0.25, 0.3) is 56.0 Å². The topological polar surface area (TPSA) is 8.17 Å². The molecular weight excluding hydrogens is 629 g/mol. The molecule has 1 aliphatic heterocycles. The van der Waals surface area contributed by atoms with Gasteiger partial charge in [-0.15, -0.1) is 0 Å². The number of hydrogen-bond donors (Lipinski definition) is 0. The van der Waals surface area contributed by atoms with Gasteiger partial charge >= 0.3 is 0 Å². The van der Waals surface area contributed by atoms with Crippen LogP contribution in [0.5, 0.6) is 0 Å². The Kier molecular flexibility index (Phi) is 8.14. The number of nitrogens with zero attached hydrogens (tertiary/aromatic N) is 2. The van der Waals surface area contributed by atoms with Gasteiger partial charge in [0.05, 0.1) is 17.3 Å². The smallest absolute Gasteiger partial charge is 0.0637 e. The molecule has 7 aromatic carbocycles. The van der Waals surface area contributed by atoms with E-state index in [1.165, 1.54) is 78.2 Å². The van der Waals surface area contributed by atoms with Crippen molar-refractivity contribution in [2.45, 2.75) is 25.8 Å². The molecule has 2 heterocycles. The third-order valence-corrected chi connectivity index (χ3v) is 10.6. The van der Waals surface area contributed by atoms with E-state index >= 15 is 0 Å². The highest BCUT2D eigenvalue weighted by Crippen LogP contribution is 2.54. The van der Waals surface area contributed by atoms with E-state index < -0.39 is 0 Å². The minimum absolute atomic E-state index is 0.179. The van der Waals surface area contributed by atoms with Crippen LogP contribution in [0.15, 0.2) is 188 Å². The summed E-state index contributed by atoms with van der Waals surface area (Å²) in [4.78, 5) is 2.54. The summed E-state index contributed by atoms with van der Waals surface area (Å²) >= 11 is 0. The van der Waals surface area contributed by atoms with Crippen molar-refractivity contribution in [1.29, 1.82) is 0 Å². The zero-order valence-electron chi connectivity index (χ0n) is 29.5. The summed E-state index contributed by atoms with van der Waals surface area (Å²) in [5.74, 6) is 0.211. The second kappa shape index (κ2) is 13.4. The van der Waals surface area contributed by atoms with Gasteiger partial charge in [-0.2, -0.15) is 0 Å². The van der Waals surface area contributed by atoms with Crippen LogP contribution in [-0.4, -0.2) is 10.6 Å². The van der Waals surface area contributed by atoms with E-state index in [-0.39, 0.29) is 12.0 Å². The zero-order chi connectivity index (χ0) is 35.0. The maximum Gasteiger partial charge on any atom is 0.0637 e. The average Bonchev–Trinajstić information content (AvgIpc) is 3.75. The summed E-state index contributed by atoms with van der Waals surface area (Å²) < 4.78 is 2.46. The van der Waals surface area contributed by atoms with Gasteiger partial charge in [0.25, 0.3) is 0 Å². The Balaban J connectivity index is 0.00000177. The van der Waals surface area contributed by atoms with E-state index in [1.807, 2.05) is 13.8 Å². The summed E-state index contributed by atoms with van der Waals surface area (Å²) in [6.45, 7) is 4.00. The van der Waals surface area contributed by atoms with E-state index in [4.69, 9.17) is 0 Å². The average molecular weight is 669 g/mol. The molecule has 10 rings (SSSR count). The van der Waals surface area contributed by atoms with Gasteiger partial charge in [0.15, 0.2) is 0 Å². The first-order valence-corrected chi connectivity index (χ1v) is 18.4. The molecule has 0 N–H and O–H groups in total. The van der Waals surface area contributed by atoms with Crippen LogP contribution in [-0.2, 0) is 0 Å². The molecule has 2 nitrogen and oxygen atoms in total. The van der Waals surface area contributed by atoms with Gasteiger partial charge in [0.2, 0.25) is 0 Å². The molecule has 8 aromatic rings. The minimum Gasteiger partial charge on any atom is -0.333 e. The van der Waals surface area contributed by atoms with Crippen molar-refractivity contribution in [3.05, 3.63) is 205 Å². The van der Waals surface area contributed by atoms with E-state index in [2.05, 4.69) is 204 Å². The number of fused-ring (bicyclic) bond motifs is 7. The van der Waals surface area contributed by atoms with Crippen molar-refractivity contribution >= 4 is 28.4 Å². The van der Waals surface area contributed by atoms with Gasteiger partial charge in [-0.1, -0.05) is 166 Å². The van der Waals surface area contributed by atoms with Crippen LogP contribution in [0.2, 0.25) is 0 Å². The Hall–Kier alpha value is -6.38. The molecule has 250 valence electrons. The number of hydrogen-bond acceptors (Lipinski definition) is 1. The Morgan fingerprint density at radius 1 is 0.442 bits per heavy atom. The summed E-state index contributed by atoms with van der Waals surface area (Å²) in [7, 11) is 0. The molecule has 52 heavy (non-hydrogen) atoms. The second-order valence-electron chi connectivity index (χ2n) is 13.3. The van der Waals surface area contributed by atoms with Crippen LogP contribution in [0, 0.1) is 0 Å². The fraction of sp³-hybridized carbons (Fsp3) is 0.0800. The Morgan fingerprint density at radius 3 is 1.67 bits per heavy atom. The van der Waals surface area contributed by atoms with Gasteiger partial charge in [0.1, 0.15) is 0 Å². The molecule has 1 aliphatic carbocycles. The van der Waals surface area contributed by atoms with Gasteiger partial charge in [0, 0.05) is 28.4 Å². The summed E-state index contributed by atoms with van der Waals surface area (Å²) in [6, 6.07) is 66.3. The molecular formula is C50H40N2. The first-order valence-electron chi connectivity index (χ1n) is 18.4. The van der Waals surface area contributed by atoms with Crippen molar-refractivity contribution in [2.75, 3.05) is 4.90 Å². The molecule has 0 radical (unpaired) electrons. The molecule has 0 amide bonds. The van der Waals surface area contributed by atoms with Crippen molar-refractivity contribution in [3.8, 4) is 39.1 Å². The Bertz CT molecular complexity index is 2520. The normalized spacial score (nSPS) is 15.4. The van der Waals surface area contributed by atoms with Crippen molar-refractivity contribution in [3.63, 3.8) is 0 Å². The van der Waals surface area contributed by atoms with Gasteiger partial charge in [-0.05, 0) is 87.0 Å². The second-order valence-corrected chi connectivity index (χ2v) is 13.3. The molecule has 2 heteroatoms. The molecule has 2 aliphatic rings. The summed E-state index contributed by atoms with van der Waals surface area (Å²) in [5.41, 5.74) is 16.4. The standard InChI is InChI=1S/C48H34N2.C2H6/c1-3-13-33(14-4-1)34-23-27-37(28-24-34)49-43-21-11-9-19-41(43)47-45(49)31-32-46-48(47)42-20-10-12-22-44(42)50(46)38-29-25-36(26-30-38)40-18-8-7-17-39(40)35-15-5-2-6-16-35;1-2/h1-32,45,47H;1-2H3. The van der Waals surface area contributed by atoms with Crippen molar-refractivity contribution in [2.24, 2.45) is 0 Å². The van der Waals surface area contributed by atoms with E-state index in [0.717, 1.165) is 0 Å². The SMILES string of the molecule is C1=CC2C(c3ccccc3N2c2ccc(-c3ccccc3)cc2)c2c1n(-c1ccc(-c3ccccc3-c3ccccc3)cc1)c1ccccc21.CC. The highest BCUT2D eigenvalue weighted by atomic mass is 15.2. The minimum atomic E-state index is 0.179. The highest BCUT2D eigenvalue weighted by molar-refractivity contribution is 5.94. The van der Waals surface area contributed by atoms with E-state index in [0.29, 0.717) is 0 Å². The number of rotatable bonds is 5. The third kappa shape index (κ3) is 5.18. The highest BCUT2D eigenvalue weighted by Gasteiger charge is 2.43. The predicted molar refractivity (Wildman–Crippen MR) is 221 cm³/mol. The molecule has 2 atom stereocenters. The lowest BCUT2D eigenvalue weighted by Gasteiger charge is -2.31. The lowest BCUT2D eigenvalue weighted by Crippen LogP contribution is -2.30. The Morgan fingerprint density at radius 2 is 0.962 bits per heavy atom. The van der Waals surface area contributed by atoms with Crippen LogP contribution < -0.4 is 4.90 Å². The summed E-state index contributed by atoms with van der Waals surface area (Å²) in [6.07, 6.45) is 4.80. The molecule has 1 aromatic heterocycles. The van der Waals surface area contributed by atoms with Crippen LogP contribution in [0.4, 0.5) is 11.4 Å². The zero-order valence-corrected chi connectivity index (χ0v) is 29.5. The quantitative estimate of drug-likeness (QED) is 0.177. The van der Waals surface area contributed by atoms with Crippen molar-refractivity contribution in [1.82, 2.24) is 4.57 Å². The van der Waals surface area contributed by atoms with Crippen LogP contribution in [0.1, 0.15) is 36.6 Å². The molecule has 0 spiro atoms. The largest absolute Gasteiger partial charge is 0.333 e. The maximum atomic E-state index is 2.54. The van der Waals surface area contributed by atoms with E-state index in [1.54, 1.807) is 0 Å². The molecule has 0 fully saturated rings. The number of para-hydroxylation sites is 2. The maximum absolute atomic E-state index is 2.54. The van der Waals surface area contributed by atoms with Gasteiger partial charge in [-0.3, -0.25) is 0 Å². The monoisotopic (exact) mass is 668 g/mol. The first-order chi connectivity index (χ1) is 25.8. The third-order valence-electron chi connectivity index (χ3n) is 10.6. The number of benzene rings is 7. The van der Waals surface area contributed by atoms with Crippen LogP contribution >= 0.6 is 0 Å². The molecule has 2 unspecified atom stereocenters. The molecule has 0 saturated carbocycles. The number of aromatic nitrogens is 1. The van der Waals surface area contributed by atoms with Crippen LogP contribution in [0.3, 0.4) is 0 Å². The number of anilines is 2. The Labute approximate surface area is 306 Å². The lowest BCUT2D eigenvalue weighted by molar-refractivity contribution is 0.725. The molecule has 0 saturated heterocycles. The predicted octanol–water partition coefficient (Wildman–Crippen LogP) is 13.3. The lowest BCUT2D eigenvalue weighted by atomic mass is 9.82. The fourth-order valence-electron chi connectivity index (χ4n) is 8.38. The van der Waals surface area contributed by atoms with Gasteiger partial charge in [-0.25, -0.2) is 0 Å². The van der Waals surface area contributed by atoms with Gasteiger partial charge < -0.3 is 9.47 Å².